The van der Waals surface area contributed by atoms with E-state index in [2.05, 4.69) is 20.7 Å². The summed E-state index contributed by atoms with van der Waals surface area (Å²) in [6.45, 7) is 3.84. The molecule has 0 amide bonds. The van der Waals surface area contributed by atoms with Crippen LogP contribution in [-0.4, -0.2) is 20.7 Å². The molecule has 1 atom stereocenters. The van der Waals surface area contributed by atoms with Gasteiger partial charge in [-0.2, -0.15) is 0 Å². The van der Waals surface area contributed by atoms with Gasteiger partial charge in [0.15, 0.2) is 0 Å². The largest absolute Gasteiger partial charge is 0.289 e. The average molecular weight is 347 g/mol. The molecular formula is C13H17BrNO3S. The number of halogens is 1. The molecule has 0 aliphatic heterocycles. The van der Waals surface area contributed by atoms with Crippen LogP contribution >= 0.6 is 15.9 Å². The maximum atomic E-state index is 12.1. The van der Waals surface area contributed by atoms with Gasteiger partial charge in [0.05, 0.1) is 10.9 Å². The van der Waals surface area contributed by atoms with Gasteiger partial charge in [-0.05, 0) is 30.0 Å². The highest BCUT2D eigenvalue weighted by atomic mass is 79.9. The summed E-state index contributed by atoms with van der Waals surface area (Å²) in [4.78, 5) is 10.9. The molecule has 0 bridgehead atoms. The van der Waals surface area contributed by atoms with E-state index in [1.807, 2.05) is 13.8 Å². The number of nitrogens with one attached hydrogen (secondary N) is 1. The van der Waals surface area contributed by atoms with E-state index in [1.165, 1.54) is 12.1 Å². The number of hydrogen-bond donors (Lipinski definition) is 1. The molecule has 19 heavy (non-hydrogen) atoms. The summed E-state index contributed by atoms with van der Waals surface area (Å²) in [7, 11) is -3.67. The summed E-state index contributed by atoms with van der Waals surface area (Å²) >= 11 is 3.29. The highest BCUT2D eigenvalue weighted by Crippen LogP contribution is 2.14. The first-order valence-electron chi connectivity index (χ1n) is 5.94. The predicted molar refractivity (Wildman–Crippen MR) is 78.3 cm³/mol. The number of hydrogen-bond acceptors (Lipinski definition) is 3. The summed E-state index contributed by atoms with van der Waals surface area (Å²) in [5.74, 6) is 0.213. The first kappa shape index (κ1) is 16.3. The lowest BCUT2D eigenvalue weighted by Gasteiger charge is -2.14. The SMILES string of the molecule is CC(C)C[C@H]([C]=O)NS(=O)(=O)c1ccc(CBr)cc1. The van der Waals surface area contributed by atoms with Gasteiger partial charge >= 0.3 is 0 Å². The van der Waals surface area contributed by atoms with Crippen LogP contribution in [0.2, 0.25) is 0 Å². The molecule has 0 saturated heterocycles. The zero-order valence-electron chi connectivity index (χ0n) is 10.9. The number of alkyl halides is 1. The summed E-state index contributed by atoms with van der Waals surface area (Å²) < 4.78 is 26.5. The topological polar surface area (TPSA) is 63.2 Å². The van der Waals surface area contributed by atoms with Gasteiger partial charge in [0.1, 0.15) is 0 Å². The fraction of sp³-hybridized carbons (Fsp3) is 0.462. The van der Waals surface area contributed by atoms with Crippen LogP contribution in [0.3, 0.4) is 0 Å². The molecule has 0 saturated carbocycles. The molecule has 1 aromatic carbocycles. The maximum absolute atomic E-state index is 12.1. The van der Waals surface area contributed by atoms with Crippen molar-refractivity contribution in [2.45, 2.75) is 36.5 Å². The van der Waals surface area contributed by atoms with E-state index in [1.54, 1.807) is 18.4 Å². The van der Waals surface area contributed by atoms with Crippen molar-refractivity contribution in [2.24, 2.45) is 5.92 Å². The zero-order valence-corrected chi connectivity index (χ0v) is 13.3. The van der Waals surface area contributed by atoms with Crippen LogP contribution in [0.1, 0.15) is 25.8 Å². The van der Waals surface area contributed by atoms with Gasteiger partial charge in [0, 0.05) is 5.33 Å². The summed E-state index contributed by atoms with van der Waals surface area (Å²) in [5, 5.41) is 0.666. The summed E-state index contributed by atoms with van der Waals surface area (Å²) in [5.41, 5.74) is 0.986. The number of benzene rings is 1. The Kier molecular flexibility index (Phi) is 6.16. The number of rotatable bonds is 7. The highest BCUT2D eigenvalue weighted by molar-refractivity contribution is 9.08. The third kappa shape index (κ3) is 5.04. The molecule has 0 aromatic heterocycles. The quantitative estimate of drug-likeness (QED) is 0.771. The molecule has 0 heterocycles. The third-order valence-electron chi connectivity index (χ3n) is 2.53. The maximum Gasteiger partial charge on any atom is 0.241 e. The fourth-order valence-corrected chi connectivity index (χ4v) is 3.13. The van der Waals surface area contributed by atoms with Crippen molar-refractivity contribution < 1.29 is 13.2 Å². The fourth-order valence-electron chi connectivity index (χ4n) is 1.60. The Morgan fingerprint density at radius 3 is 2.26 bits per heavy atom. The van der Waals surface area contributed by atoms with Gasteiger partial charge in [-0.3, -0.25) is 4.79 Å². The van der Waals surface area contributed by atoms with E-state index in [9.17, 15) is 13.2 Å². The lowest BCUT2D eigenvalue weighted by molar-refractivity contribution is 0.483. The van der Waals surface area contributed by atoms with E-state index >= 15 is 0 Å². The van der Waals surface area contributed by atoms with Crippen molar-refractivity contribution in [1.82, 2.24) is 4.72 Å². The first-order valence-corrected chi connectivity index (χ1v) is 8.54. The zero-order chi connectivity index (χ0) is 14.5. The molecule has 0 fully saturated rings. The van der Waals surface area contributed by atoms with Crippen molar-refractivity contribution in [3.8, 4) is 0 Å². The van der Waals surface area contributed by atoms with Crippen LogP contribution in [0.25, 0.3) is 0 Å². The smallest absolute Gasteiger partial charge is 0.241 e. The van der Waals surface area contributed by atoms with E-state index in [0.717, 1.165) is 5.56 Å². The van der Waals surface area contributed by atoms with Gasteiger partial charge in [0.25, 0.3) is 0 Å². The van der Waals surface area contributed by atoms with Gasteiger partial charge < -0.3 is 0 Å². The standard InChI is InChI=1S/C13H17BrNO3S/c1-10(2)7-12(9-16)15-19(17,18)13-5-3-11(8-14)4-6-13/h3-6,10,12,15H,7-8H2,1-2H3/t12-/m1/s1. The first-order chi connectivity index (χ1) is 8.89. The molecule has 4 nitrogen and oxygen atoms in total. The molecule has 105 valence electrons. The second-order valence-electron chi connectivity index (χ2n) is 4.70. The summed E-state index contributed by atoms with van der Waals surface area (Å²) in [6.07, 6.45) is 2.17. The molecule has 6 heteroatoms. The Hall–Kier alpha value is -0.720. The minimum absolute atomic E-state index is 0.154. The van der Waals surface area contributed by atoms with Crippen molar-refractivity contribution in [3.63, 3.8) is 0 Å². The minimum Gasteiger partial charge on any atom is -0.289 e. The molecule has 1 radical (unpaired) electrons. The second-order valence-corrected chi connectivity index (χ2v) is 6.97. The van der Waals surface area contributed by atoms with E-state index in [4.69, 9.17) is 0 Å². The lowest BCUT2D eigenvalue weighted by Crippen LogP contribution is -2.36. The lowest BCUT2D eigenvalue weighted by atomic mass is 10.1. The highest BCUT2D eigenvalue weighted by Gasteiger charge is 2.20. The van der Waals surface area contributed by atoms with Crippen LogP contribution in [0, 0.1) is 5.92 Å². The predicted octanol–water partition coefficient (Wildman–Crippen LogP) is 2.38. The molecule has 0 aliphatic carbocycles. The van der Waals surface area contributed by atoms with Crippen LogP contribution in [0.15, 0.2) is 29.2 Å². The Bertz CT molecular complexity index is 511. The van der Waals surface area contributed by atoms with Crippen LogP contribution in [-0.2, 0) is 20.1 Å². The van der Waals surface area contributed by atoms with Crippen LogP contribution in [0.4, 0.5) is 0 Å². The van der Waals surface area contributed by atoms with Crippen molar-refractivity contribution in [1.29, 1.82) is 0 Å². The minimum atomic E-state index is -3.67. The average Bonchev–Trinajstić information content (AvgIpc) is 2.37. The Balaban J connectivity index is 2.87. The van der Waals surface area contributed by atoms with Crippen molar-refractivity contribution in [2.75, 3.05) is 0 Å². The molecule has 1 aromatic rings. The molecule has 0 aliphatic rings. The van der Waals surface area contributed by atoms with Crippen molar-refractivity contribution in [3.05, 3.63) is 29.8 Å². The van der Waals surface area contributed by atoms with Crippen molar-refractivity contribution >= 4 is 32.2 Å². The normalized spacial score (nSPS) is 13.5. The van der Waals surface area contributed by atoms with E-state index in [0.29, 0.717) is 11.8 Å². The molecule has 1 N–H and O–H groups in total. The second kappa shape index (κ2) is 7.17. The van der Waals surface area contributed by atoms with Gasteiger partial charge in [-0.1, -0.05) is 41.9 Å². The van der Waals surface area contributed by atoms with Gasteiger partial charge in [-0.25, -0.2) is 13.1 Å². The van der Waals surface area contributed by atoms with Crippen LogP contribution in [0.5, 0.6) is 0 Å². The Morgan fingerprint density at radius 1 is 1.26 bits per heavy atom. The molecule has 1 rings (SSSR count). The third-order valence-corrected chi connectivity index (χ3v) is 4.67. The number of sulfonamides is 1. The molecular weight excluding hydrogens is 330 g/mol. The Labute approximate surface area is 122 Å². The monoisotopic (exact) mass is 346 g/mol. The number of carbonyl (C=O) groups excluding carboxylic acids is 1. The summed E-state index contributed by atoms with van der Waals surface area (Å²) in [6, 6.07) is 5.70. The van der Waals surface area contributed by atoms with E-state index < -0.39 is 16.1 Å². The van der Waals surface area contributed by atoms with E-state index in [-0.39, 0.29) is 10.8 Å². The van der Waals surface area contributed by atoms with Gasteiger partial charge in [-0.15, -0.1) is 0 Å². The molecule has 0 unspecified atom stereocenters. The molecule has 0 spiro atoms. The van der Waals surface area contributed by atoms with Crippen LogP contribution < -0.4 is 4.72 Å². The van der Waals surface area contributed by atoms with Gasteiger partial charge in [0.2, 0.25) is 16.3 Å². The Morgan fingerprint density at radius 2 is 1.84 bits per heavy atom.